The van der Waals surface area contributed by atoms with Crippen molar-refractivity contribution in [1.29, 1.82) is 0 Å². The van der Waals surface area contributed by atoms with E-state index in [4.69, 9.17) is 4.74 Å². The minimum absolute atomic E-state index is 0.491. The predicted molar refractivity (Wildman–Crippen MR) is 81.3 cm³/mol. The van der Waals surface area contributed by atoms with Gasteiger partial charge in [-0.2, -0.15) is 4.98 Å². The molecule has 1 aromatic heterocycles. The van der Waals surface area contributed by atoms with Gasteiger partial charge in [-0.25, -0.2) is 4.98 Å². The van der Waals surface area contributed by atoms with Crippen LogP contribution in [0.3, 0.4) is 0 Å². The Kier molecular flexibility index (Phi) is 5.59. The Bertz CT molecular complexity index is 411. The van der Waals surface area contributed by atoms with Crippen LogP contribution in [0.4, 0.5) is 5.95 Å². The highest BCUT2D eigenvalue weighted by Crippen LogP contribution is 2.23. The Hall–Kier alpha value is -1.36. The molecule has 1 aromatic rings. The van der Waals surface area contributed by atoms with E-state index in [0.29, 0.717) is 24.4 Å². The van der Waals surface area contributed by atoms with Gasteiger partial charge in [0.2, 0.25) is 11.8 Å². The van der Waals surface area contributed by atoms with Crippen LogP contribution < -0.4 is 15.0 Å². The molecule has 0 radical (unpaired) electrons. The van der Waals surface area contributed by atoms with Crippen molar-refractivity contribution in [3.63, 3.8) is 0 Å². The maximum Gasteiger partial charge on any atom is 0.228 e. The molecule has 1 N–H and O–H groups in total. The van der Waals surface area contributed by atoms with E-state index in [1.807, 2.05) is 13.0 Å². The van der Waals surface area contributed by atoms with Gasteiger partial charge < -0.3 is 15.0 Å². The number of rotatable bonds is 7. The van der Waals surface area contributed by atoms with Gasteiger partial charge in [0, 0.05) is 31.4 Å². The Labute approximate surface area is 121 Å². The highest BCUT2D eigenvalue weighted by molar-refractivity contribution is 5.35. The van der Waals surface area contributed by atoms with Crippen molar-refractivity contribution in [2.75, 3.05) is 31.1 Å². The zero-order valence-electron chi connectivity index (χ0n) is 12.8. The van der Waals surface area contributed by atoms with E-state index in [-0.39, 0.29) is 0 Å². The van der Waals surface area contributed by atoms with Gasteiger partial charge in [-0.05, 0) is 32.2 Å². The fourth-order valence-electron chi connectivity index (χ4n) is 2.55. The van der Waals surface area contributed by atoms with E-state index in [9.17, 15) is 0 Å². The average Bonchev–Trinajstić information content (AvgIpc) is 2.87. The summed E-state index contributed by atoms with van der Waals surface area (Å²) in [5, 5.41) is 3.54. The van der Waals surface area contributed by atoms with Gasteiger partial charge in [0.15, 0.2) is 0 Å². The largest absolute Gasteiger partial charge is 0.478 e. The van der Waals surface area contributed by atoms with Crippen molar-refractivity contribution >= 4 is 5.95 Å². The molecule has 20 heavy (non-hydrogen) atoms. The van der Waals surface area contributed by atoms with Crippen LogP contribution in [-0.2, 0) is 0 Å². The molecular weight excluding hydrogens is 252 g/mol. The highest BCUT2D eigenvalue weighted by atomic mass is 16.5. The molecule has 2 heterocycles. The van der Waals surface area contributed by atoms with Crippen LogP contribution in [0, 0.1) is 5.92 Å². The van der Waals surface area contributed by atoms with Crippen LogP contribution in [0.2, 0.25) is 0 Å². The monoisotopic (exact) mass is 278 g/mol. The summed E-state index contributed by atoms with van der Waals surface area (Å²) in [4.78, 5) is 11.2. The number of nitrogens with one attached hydrogen (secondary N) is 1. The quantitative estimate of drug-likeness (QED) is 0.827. The van der Waals surface area contributed by atoms with Crippen LogP contribution in [0.1, 0.15) is 33.6 Å². The van der Waals surface area contributed by atoms with E-state index < -0.39 is 0 Å². The SMILES string of the molecule is CCOc1ccnc(N2CCCC2CNCC(C)C)n1. The first-order chi connectivity index (χ1) is 9.70. The van der Waals surface area contributed by atoms with Gasteiger partial charge in [-0.1, -0.05) is 13.8 Å². The standard InChI is InChI=1S/C15H26N4O/c1-4-20-14-7-8-17-15(18-14)19-9-5-6-13(19)11-16-10-12(2)3/h7-8,12-13,16H,4-6,9-11H2,1-3H3. The maximum absolute atomic E-state index is 5.46. The molecule has 0 saturated carbocycles. The first-order valence-electron chi connectivity index (χ1n) is 7.64. The molecule has 5 heteroatoms. The number of hydrogen-bond acceptors (Lipinski definition) is 5. The van der Waals surface area contributed by atoms with Crippen molar-refractivity contribution in [2.45, 2.75) is 39.7 Å². The Balaban J connectivity index is 1.97. The molecule has 5 nitrogen and oxygen atoms in total. The lowest BCUT2D eigenvalue weighted by Gasteiger charge is -2.25. The molecule has 1 atom stereocenters. The lowest BCUT2D eigenvalue weighted by atomic mass is 10.2. The third-order valence-corrected chi connectivity index (χ3v) is 3.48. The second-order valence-electron chi connectivity index (χ2n) is 5.67. The summed E-state index contributed by atoms with van der Waals surface area (Å²) < 4.78 is 5.46. The third kappa shape index (κ3) is 4.07. The van der Waals surface area contributed by atoms with Crippen molar-refractivity contribution < 1.29 is 4.74 Å². The van der Waals surface area contributed by atoms with Crippen molar-refractivity contribution in [3.05, 3.63) is 12.3 Å². The molecule has 0 bridgehead atoms. The van der Waals surface area contributed by atoms with Crippen LogP contribution in [-0.4, -0.2) is 42.3 Å². The number of anilines is 1. The van der Waals surface area contributed by atoms with Gasteiger partial charge >= 0.3 is 0 Å². The lowest BCUT2D eigenvalue weighted by molar-refractivity contribution is 0.326. The van der Waals surface area contributed by atoms with Crippen molar-refractivity contribution in [2.24, 2.45) is 5.92 Å². The van der Waals surface area contributed by atoms with Crippen molar-refractivity contribution in [1.82, 2.24) is 15.3 Å². The summed E-state index contributed by atoms with van der Waals surface area (Å²) in [6.07, 6.45) is 4.19. The minimum atomic E-state index is 0.491. The normalized spacial score (nSPS) is 18.8. The highest BCUT2D eigenvalue weighted by Gasteiger charge is 2.26. The lowest BCUT2D eigenvalue weighted by Crippen LogP contribution is -2.39. The summed E-state index contributed by atoms with van der Waals surface area (Å²) in [5.41, 5.74) is 0. The summed E-state index contributed by atoms with van der Waals surface area (Å²) in [7, 11) is 0. The molecule has 0 aromatic carbocycles. The molecule has 0 amide bonds. The molecule has 2 rings (SSSR count). The Morgan fingerprint density at radius 1 is 1.50 bits per heavy atom. The van der Waals surface area contributed by atoms with Crippen LogP contribution >= 0.6 is 0 Å². The summed E-state index contributed by atoms with van der Waals surface area (Å²) in [6, 6.07) is 2.31. The van der Waals surface area contributed by atoms with Gasteiger partial charge in [0.25, 0.3) is 0 Å². The molecule has 1 aliphatic rings. The van der Waals surface area contributed by atoms with E-state index in [1.54, 1.807) is 6.20 Å². The average molecular weight is 278 g/mol. The first kappa shape index (κ1) is 15.0. The van der Waals surface area contributed by atoms with Crippen LogP contribution in [0.15, 0.2) is 12.3 Å². The minimum Gasteiger partial charge on any atom is -0.478 e. The van der Waals surface area contributed by atoms with Gasteiger partial charge in [-0.3, -0.25) is 0 Å². The van der Waals surface area contributed by atoms with Crippen LogP contribution in [0.25, 0.3) is 0 Å². The Morgan fingerprint density at radius 3 is 3.10 bits per heavy atom. The second-order valence-corrected chi connectivity index (χ2v) is 5.67. The molecule has 1 unspecified atom stereocenters. The van der Waals surface area contributed by atoms with E-state index >= 15 is 0 Å². The molecule has 0 aliphatic carbocycles. The zero-order valence-corrected chi connectivity index (χ0v) is 12.8. The van der Waals surface area contributed by atoms with E-state index in [1.165, 1.54) is 12.8 Å². The van der Waals surface area contributed by atoms with E-state index in [2.05, 4.69) is 34.0 Å². The second kappa shape index (κ2) is 7.43. The number of hydrogen-bond donors (Lipinski definition) is 1. The molecule has 112 valence electrons. The first-order valence-corrected chi connectivity index (χ1v) is 7.64. The molecule has 1 aliphatic heterocycles. The number of nitrogens with zero attached hydrogens (tertiary/aromatic N) is 3. The zero-order chi connectivity index (χ0) is 14.4. The number of aromatic nitrogens is 2. The van der Waals surface area contributed by atoms with Gasteiger partial charge in [0.1, 0.15) is 0 Å². The molecule has 1 saturated heterocycles. The van der Waals surface area contributed by atoms with Gasteiger partial charge in [0.05, 0.1) is 6.61 Å². The van der Waals surface area contributed by atoms with Gasteiger partial charge in [-0.15, -0.1) is 0 Å². The molecule has 1 fully saturated rings. The summed E-state index contributed by atoms with van der Waals surface area (Å²) in [6.45, 7) is 10.2. The number of ether oxygens (including phenoxy) is 1. The Morgan fingerprint density at radius 2 is 2.35 bits per heavy atom. The van der Waals surface area contributed by atoms with Crippen LogP contribution in [0.5, 0.6) is 5.88 Å². The predicted octanol–water partition coefficient (Wildman–Crippen LogP) is 2.09. The third-order valence-electron chi connectivity index (χ3n) is 3.48. The van der Waals surface area contributed by atoms with Crippen molar-refractivity contribution in [3.8, 4) is 5.88 Å². The summed E-state index contributed by atoms with van der Waals surface area (Å²) in [5.74, 6) is 2.14. The fraction of sp³-hybridized carbons (Fsp3) is 0.733. The maximum atomic E-state index is 5.46. The topological polar surface area (TPSA) is 50.3 Å². The molecular formula is C15H26N4O. The smallest absolute Gasteiger partial charge is 0.228 e. The van der Waals surface area contributed by atoms with E-state index in [0.717, 1.165) is 25.6 Å². The molecule has 0 spiro atoms. The fourth-order valence-corrected chi connectivity index (χ4v) is 2.55. The summed E-state index contributed by atoms with van der Waals surface area (Å²) >= 11 is 0.